The van der Waals surface area contributed by atoms with Crippen LogP contribution < -0.4 is 0 Å². The van der Waals surface area contributed by atoms with Gasteiger partial charge in [-0.3, -0.25) is 4.79 Å². The van der Waals surface area contributed by atoms with E-state index < -0.39 is 0 Å². The Morgan fingerprint density at radius 1 is 1.48 bits per heavy atom. The van der Waals surface area contributed by atoms with Crippen LogP contribution in [-0.2, 0) is 0 Å². The number of aromatic nitrogens is 1. The molecule has 1 fully saturated rings. The van der Waals surface area contributed by atoms with Crippen LogP contribution in [0.15, 0.2) is 18.3 Å². The summed E-state index contributed by atoms with van der Waals surface area (Å²) in [4.78, 5) is 18.8. The van der Waals surface area contributed by atoms with Crippen LogP contribution in [-0.4, -0.2) is 51.1 Å². The smallest absolute Gasteiger partial charge is 0.273 e. The van der Waals surface area contributed by atoms with Gasteiger partial charge in [-0.25, -0.2) is 4.98 Å². The van der Waals surface area contributed by atoms with E-state index in [1.807, 2.05) is 16.7 Å². The summed E-state index contributed by atoms with van der Waals surface area (Å²) in [6.07, 6.45) is 2.02. The van der Waals surface area contributed by atoms with Crippen molar-refractivity contribution in [2.24, 2.45) is 0 Å². The number of aliphatic hydroxyl groups is 1. The highest BCUT2D eigenvalue weighted by atomic mass is 32.2. The topological polar surface area (TPSA) is 53.4 Å². The first kappa shape index (κ1) is 15.9. The first-order valence-corrected chi connectivity index (χ1v) is 8.05. The van der Waals surface area contributed by atoms with Gasteiger partial charge in [-0.1, -0.05) is 25.7 Å². The zero-order chi connectivity index (χ0) is 15.2. The first-order chi connectivity index (χ1) is 10.1. The Morgan fingerprint density at radius 3 is 2.86 bits per heavy atom. The molecular weight excluding hydrogens is 284 g/mol. The van der Waals surface area contributed by atoms with Gasteiger partial charge in [0.15, 0.2) is 0 Å². The quantitative estimate of drug-likeness (QED) is 0.846. The summed E-state index contributed by atoms with van der Waals surface area (Å²) in [5.74, 6) is 5.73. The van der Waals surface area contributed by atoms with Gasteiger partial charge in [0.2, 0.25) is 0 Å². The van der Waals surface area contributed by atoms with E-state index in [9.17, 15) is 4.79 Å². The van der Waals surface area contributed by atoms with Crippen molar-refractivity contribution in [3.05, 3.63) is 29.6 Å². The zero-order valence-electron chi connectivity index (χ0n) is 12.4. The Kier molecular flexibility index (Phi) is 5.66. The van der Waals surface area contributed by atoms with Gasteiger partial charge < -0.3 is 10.0 Å². The number of carbonyl (C=O) groups excluding carboxylic acids is 1. The number of hydrogen-bond acceptors (Lipinski definition) is 4. The molecular formula is C16H20N2O2S. The van der Waals surface area contributed by atoms with Crippen molar-refractivity contribution in [3.63, 3.8) is 0 Å². The monoisotopic (exact) mass is 304 g/mol. The molecule has 5 heteroatoms. The molecule has 0 radical (unpaired) electrons. The molecule has 1 amide bonds. The highest BCUT2D eigenvalue weighted by Crippen LogP contribution is 2.25. The maximum Gasteiger partial charge on any atom is 0.273 e. The molecule has 2 unspecified atom stereocenters. The van der Waals surface area contributed by atoms with Crippen LogP contribution in [0.4, 0.5) is 0 Å². The van der Waals surface area contributed by atoms with E-state index in [2.05, 4.69) is 30.7 Å². The summed E-state index contributed by atoms with van der Waals surface area (Å²) < 4.78 is 0. The molecule has 112 valence electrons. The molecule has 0 saturated carbocycles. The van der Waals surface area contributed by atoms with E-state index >= 15 is 0 Å². The molecule has 0 aliphatic carbocycles. The molecule has 1 saturated heterocycles. The largest absolute Gasteiger partial charge is 0.395 e. The maximum absolute atomic E-state index is 12.7. The number of hydrogen-bond donors (Lipinski definition) is 1. The summed E-state index contributed by atoms with van der Waals surface area (Å²) >= 11 is 1.91. The van der Waals surface area contributed by atoms with Crippen molar-refractivity contribution in [2.75, 3.05) is 19.7 Å². The van der Waals surface area contributed by atoms with Crippen LogP contribution >= 0.6 is 11.8 Å². The lowest BCUT2D eigenvalue weighted by Gasteiger charge is -2.34. The Hall–Kier alpha value is -1.51. The summed E-state index contributed by atoms with van der Waals surface area (Å²) in [7, 11) is 0. The van der Waals surface area contributed by atoms with Gasteiger partial charge in [0.05, 0.1) is 12.2 Å². The number of thioether (sulfide) groups is 1. The average Bonchev–Trinajstić information content (AvgIpc) is 2.46. The molecule has 0 bridgehead atoms. The van der Waals surface area contributed by atoms with Gasteiger partial charge in [0.1, 0.15) is 5.69 Å². The van der Waals surface area contributed by atoms with Crippen molar-refractivity contribution < 1.29 is 9.90 Å². The van der Waals surface area contributed by atoms with E-state index in [1.54, 1.807) is 18.3 Å². The van der Waals surface area contributed by atoms with Crippen LogP contribution in [0.3, 0.4) is 0 Å². The second kappa shape index (κ2) is 7.48. The fourth-order valence-electron chi connectivity index (χ4n) is 2.38. The molecule has 21 heavy (non-hydrogen) atoms. The number of rotatable bonds is 2. The lowest BCUT2D eigenvalue weighted by molar-refractivity contribution is 0.0747. The lowest BCUT2D eigenvalue weighted by Crippen LogP contribution is -2.44. The van der Waals surface area contributed by atoms with E-state index in [1.165, 1.54) is 0 Å². The molecule has 1 aromatic rings. The molecule has 1 aliphatic heterocycles. The molecule has 2 rings (SSSR count). The lowest BCUT2D eigenvalue weighted by atomic mass is 10.1. The molecule has 0 spiro atoms. The second-order valence-corrected chi connectivity index (χ2v) is 7.02. The van der Waals surface area contributed by atoms with E-state index in [0.29, 0.717) is 28.2 Å². The fourth-order valence-corrected chi connectivity index (χ4v) is 3.71. The molecule has 0 aromatic carbocycles. The van der Waals surface area contributed by atoms with Gasteiger partial charge in [0, 0.05) is 36.2 Å². The van der Waals surface area contributed by atoms with Crippen molar-refractivity contribution >= 4 is 17.7 Å². The highest BCUT2D eigenvalue weighted by Gasteiger charge is 2.28. The minimum Gasteiger partial charge on any atom is -0.395 e. The minimum absolute atomic E-state index is 0.0227. The number of amides is 1. The third-order valence-corrected chi connectivity index (χ3v) is 4.40. The highest BCUT2D eigenvalue weighted by molar-refractivity contribution is 8.00. The normalized spacial score (nSPS) is 21.6. The summed E-state index contributed by atoms with van der Waals surface area (Å²) in [6, 6.07) is 3.58. The van der Waals surface area contributed by atoms with Crippen molar-refractivity contribution in [3.8, 4) is 11.8 Å². The van der Waals surface area contributed by atoms with Crippen LogP contribution in [0.1, 0.15) is 36.3 Å². The number of nitrogens with zero attached hydrogens (tertiary/aromatic N) is 2. The number of pyridine rings is 1. The third-order valence-electron chi connectivity index (χ3n) is 3.18. The van der Waals surface area contributed by atoms with Crippen LogP contribution in [0.2, 0.25) is 0 Å². The Morgan fingerprint density at radius 2 is 2.19 bits per heavy atom. The average molecular weight is 304 g/mol. The van der Waals surface area contributed by atoms with Gasteiger partial charge in [0.25, 0.3) is 5.91 Å². The Bertz CT molecular complexity index is 555. The standard InChI is InChI=1S/C16H20N2O2S/c1-12-10-18(11-13(2)21-12)16(20)15-14(6-3-4-9-19)7-5-8-17-15/h5,7-8,12-13,19H,4,9-11H2,1-2H3. The van der Waals surface area contributed by atoms with Crippen LogP contribution in [0.25, 0.3) is 0 Å². The van der Waals surface area contributed by atoms with E-state index in [0.717, 1.165) is 13.1 Å². The molecule has 1 N–H and O–H groups in total. The fraction of sp³-hybridized carbons (Fsp3) is 0.500. The van der Waals surface area contributed by atoms with Crippen LogP contribution in [0.5, 0.6) is 0 Å². The summed E-state index contributed by atoms with van der Waals surface area (Å²) in [5, 5.41) is 9.66. The molecule has 2 heterocycles. The first-order valence-electron chi connectivity index (χ1n) is 7.11. The van der Waals surface area contributed by atoms with Gasteiger partial charge in [-0.05, 0) is 12.1 Å². The molecule has 1 aromatic heterocycles. The minimum atomic E-state index is -0.0529. The summed E-state index contributed by atoms with van der Waals surface area (Å²) in [6.45, 7) is 5.79. The van der Waals surface area contributed by atoms with Gasteiger partial charge >= 0.3 is 0 Å². The maximum atomic E-state index is 12.7. The molecule has 1 aliphatic rings. The predicted octanol–water partition coefficient (Wildman–Crippen LogP) is 1.78. The van der Waals surface area contributed by atoms with Crippen molar-refractivity contribution in [1.82, 2.24) is 9.88 Å². The van der Waals surface area contributed by atoms with Crippen molar-refractivity contribution in [2.45, 2.75) is 30.8 Å². The molecule has 4 nitrogen and oxygen atoms in total. The molecule has 2 atom stereocenters. The summed E-state index contributed by atoms with van der Waals surface area (Å²) in [5.41, 5.74) is 1.05. The third kappa shape index (κ3) is 4.23. The van der Waals surface area contributed by atoms with Gasteiger partial charge in [-0.15, -0.1) is 0 Å². The predicted molar refractivity (Wildman–Crippen MR) is 85.2 cm³/mol. The number of aliphatic hydroxyl groups excluding tert-OH is 1. The Labute approximate surface area is 129 Å². The Balaban J connectivity index is 2.21. The second-order valence-electron chi connectivity index (χ2n) is 5.14. The van der Waals surface area contributed by atoms with Crippen LogP contribution in [0, 0.1) is 11.8 Å². The SMILES string of the molecule is CC1CN(C(=O)c2ncccc2C#CCCO)CC(C)S1. The zero-order valence-corrected chi connectivity index (χ0v) is 13.2. The number of carbonyl (C=O) groups is 1. The van der Waals surface area contributed by atoms with E-state index in [4.69, 9.17) is 5.11 Å². The van der Waals surface area contributed by atoms with Gasteiger partial charge in [-0.2, -0.15) is 11.8 Å². The van der Waals surface area contributed by atoms with Crippen molar-refractivity contribution in [1.29, 1.82) is 0 Å². The van der Waals surface area contributed by atoms with E-state index in [-0.39, 0.29) is 12.5 Å².